The van der Waals surface area contributed by atoms with Crippen LogP contribution >= 0.6 is 11.6 Å². The molecule has 0 aliphatic rings. The first-order chi connectivity index (χ1) is 9.41. The van der Waals surface area contributed by atoms with Gasteiger partial charge < -0.3 is 5.32 Å². The molecule has 2 atom stereocenters. The van der Waals surface area contributed by atoms with E-state index in [4.69, 9.17) is 11.6 Å². The second-order valence-electron chi connectivity index (χ2n) is 6.09. The Labute approximate surface area is 129 Å². The predicted octanol–water partition coefficient (Wildman–Crippen LogP) is 4.36. The van der Waals surface area contributed by atoms with Crippen LogP contribution in [0.4, 0.5) is 0 Å². The van der Waals surface area contributed by atoms with Gasteiger partial charge in [0.15, 0.2) is 0 Å². The molecule has 1 aromatic carbocycles. The molecule has 2 unspecified atom stereocenters. The lowest BCUT2D eigenvalue weighted by Gasteiger charge is -2.36. The third-order valence-electron chi connectivity index (χ3n) is 4.28. The van der Waals surface area contributed by atoms with Crippen LogP contribution in [-0.4, -0.2) is 31.6 Å². The van der Waals surface area contributed by atoms with Gasteiger partial charge in [-0.05, 0) is 50.0 Å². The van der Waals surface area contributed by atoms with Gasteiger partial charge in [0.1, 0.15) is 0 Å². The average Bonchev–Trinajstić information content (AvgIpc) is 2.44. The highest BCUT2D eigenvalue weighted by Gasteiger charge is 2.25. The van der Waals surface area contributed by atoms with E-state index >= 15 is 0 Å². The average molecular weight is 297 g/mol. The molecular weight excluding hydrogens is 268 g/mol. The summed E-state index contributed by atoms with van der Waals surface area (Å²) in [6.45, 7) is 12.2. The van der Waals surface area contributed by atoms with Crippen molar-refractivity contribution >= 4 is 11.6 Å². The third kappa shape index (κ3) is 5.08. The van der Waals surface area contributed by atoms with Crippen LogP contribution in [0.5, 0.6) is 0 Å². The molecule has 0 aliphatic carbocycles. The summed E-state index contributed by atoms with van der Waals surface area (Å²) >= 11 is 6.09. The van der Waals surface area contributed by atoms with E-state index in [0.717, 1.165) is 24.7 Å². The maximum absolute atomic E-state index is 6.09. The van der Waals surface area contributed by atoms with Gasteiger partial charge >= 0.3 is 0 Å². The minimum Gasteiger partial charge on any atom is -0.316 e. The van der Waals surface area contributed by atoms with Crippen molar-refractivity contribution in [1.82, 2.24) is 10.2 Å². The fourth-order valence-corrected chi connectivity index (χ4v) is 2.68. The van der Waals surface area contributed by atoms with Crippen LogP contribution in [0, 0.1) is 5.41 Å². The number of hydrogen-bond acceptors (Lipinski definition) is 2. The van der Waals surface area contributed by atoms with Gasteiger partial charge in [0.25, 0.3) is 0 Å². The summed E-state index contributed by atoms with van der Waals surface area (Å²) in [4.78, 5) is 2.42. The minimum atomic E-state index is 0.303. The molecule has 0 radical (unpaired) electrons. The van der Waals surface area contributed by atoms with Gasteiger partial charge in [-0.1, -0.05) is 44.5 Å². The van der Waals surface area contributed by atoms with Crippen LogP contribution in [-0.2, 0) is 0 Å². The monoisotopic (exact) mass is 296 g/mol. The largest absolute Gasteiger partial charge is 0.316 e. The molecule has 0 heterocycles. The number of benzene rings is 1. The van der Waals surface area contributed by atoms with Crippen molar-refractivity contribution in [1.29, 1.82) is 0 Å². The van der Waals surface area contributed by atoms with Crippen LogP contribution in [0.25, 0.3) is 0 Å². The second-order valence-corrected chi connectivity index (χ2v) is 6.53. The topological polar surface area (TPSA) is 15.3 Å². The van der Waals surface area contributed by atoms with E-state index in [1.165, 1.54) is 12.0 Å². The lowest BCUT2D eigenvalue weighted by atomic mass is 9.86. The van der Waals surface area contributed by atoms with Crippen LogP contribution in [0.3, 0.4) is 0 Å². The maximum Gasteiger partial charge on any atom is 0.0409 e. The highest BCUT2D eigenvalue weighted by molar-refractivity contribution is 6.30. The van der Waals surface area contributed by atoms with Gasteiger partial charge in [0, 0.05) is 24.2 Å². The number of halogens is 1. The fourth-order valence-electron chi connectivity index (χ4n) is 2.48. The first-order valence-corrected chi connectivity index (χ1v) is 7.96. The van der Waals surface area contributed by atoms with Crippen molar-refractivity contribution < 1.29 is 0 Å². The van der Waals surface area contributed by atoms with Crippen molar-refractivity contribution in [3.8, 4) is 0 Å². The Balaban J connectivity index is 2.71. The molecule has 0 aromatic heterocycles. The Bertz CT molecular complexity index is 408. The molecule has 1 rings (SSSR count). The number of hydrogen-bond donors (Lipinski definition) is 1. The van der Waals surface area contributed by atoms with Gasteiger partial charge in [-0.2, -0.15) is 0 Å². The van der Waals surface area contributed by atoms with E-state index in [2.05, 4.69) is 57.1 Å². The maximum atomic E-state index is 6.09. The highest BCUT2D eigenvalue weighted by Crippen LogP contribution is 2.27. The molecule has 0 fully saturated rings. The second kappa shape index (κ2) is 8.02. The van der Waals surface area contributed by atoms with Crippen molar-refractivity contribution in [3.05, 3.63) is 34.9 Å². The normalized spacial score (nSPS) is 16.1. The SMILES string of the molecule is CCNCC(C)(CC)CN(C)C(C)c1cccc(Cl)c1. The van der Waals surface area contributed by atoms with Gasteiger partial charge in [0.05, 0.1) is 0 Å². The summed E-state index contributed by atoms with van der Waals surface area (Å²) in [6.07, 6.45) is 1.17. The first-order valence-electron chi connectivity index (χ1n) is 7.58. The summed E-state index contributed by atoms with van der Waals surface area (Å²) in [7, 11) is 2.20. The summed E-state index contributed by atoms with van der Waals surface area (Å²) in [5, 5.41) is 4.30. The van der Waals surface area contributed by atoms with Crippen LogP contribution in [0.1, 0.15) is 45.7 Å². The lowest BCUT2D eigenvalue weighted by molar-refractivity contribution is 0.148. The fraction of sp³-hybridized carbons (Fsp3) is 0.647. The first kappa shape index (κ1) is 17.5. The number of nitrogens with zero attached hydrogens (tertiary/aromatic N) is 1. The van der Waals surface area contributed by atoms with Gasteiger partial charge in [-0.25, -0.2) is 0 Å². The Kier molecular flexibility index (Phi) is 7.01. The molecule has 0 spiro atoms. The summed E-state index contributed by atoms with van der Waals surface area (Å²) in [6, 6.07) is 8.55. The minimum absolute atomic E-state index is 0.303. The van der Waals surface area contributed by atoms with Crippen molar-refractivity contribution in [2.45, 2.75) is 40.2 Å². The third-order valence-corrected chi connectivity index (χ3v) is 4.51. The van der Waals surface area contributed by atoms with Gasteiger partial charge in [-0.15, -0.1) is 0 Å². The molecule has 2 nitrogen and oxygen atoms in total. The molecule has 0 aliphatic heterocycles. The van der Waals surface area contributed by atoms with Crippen LogP contribution in [0.15, 0.2) is 24.3 Å². The van der Waals surface area contributed by atoms with Crippen molar-refractivity contribution in [2.24, 2.45) is 5.41 Å². The number of nitrogens with one attached hydrogen (secondary N) is 1. The molecule has 1 aromatic rings. The zero-order chi connectivity index (χ0) is 15.2. The molecule has 114 valence electrons. The van der Waals surface area contributed by atoms with Crippen molar-refractivity contribution in [3.63, 3.8) is 0 Å². The number of rotatable bonds is 8. The van der Waals surface area contributed by atoms with Gasteiger partial charge in [0.2, 0.25) is 0 Å². The zero-order valence-electron chi connectivity index (χ0n) is 13.5. The van der Waals surface area contributed by atoms with Gasteiger partial charge in [-0.3, -0.25) is 4.90 Å². The summed E-state index contributed by atoms with van der Waals surface area (Å²) in [5.41, 5.74) is 1.58. The quantitative estimate of drug-likeness (QED) is 0.767. The van der Waals surface area contributed by atoms with E-state index in [0.29, 0.717) is 11.5 Å². The van der Waals surface area contributed by atoms with E-state index in [-0.39, 0.29) is 0 Å². The Hall–Kier alpha value is -0.570. The Morgan fingerprint density at radius 1 is 1.35 bits per heavy atom. The van der Waals surface area contributed by atoms with E-state index in [9.17, 15) is 0 Å². The molecule has 0 saturated heterocycles. The van der Waals surface area contributed by atoms with E-state index in [1.54, 1.807) is 0 Å². The standard InChI is InChI=1S/C17H29ClN2/c1-6-17(4,12-19-7-2)13-20(5)14(3)15-9-8-10-16(18)11-15/h8-11,14,19H,6-7,12-13H2,1-5H3. The molecule has 0 bridgehead atoms. The smallest absolute Gasteiger partial charge is 0.0409 e. The Morgan fingerprint density at radius 3 is 2.60 bits per heavy atom. The molecule has 20 heavy (non-hydrogen) atoms. The molecule has 0 amide bonds. The molecular formula is C17H29ClN2. The zero-order valence-corrected chi connectivity index (χ0v) is 14.3. The lowest BCUT2D eigenvalue weighted by Crippen LogP contribution is -2.41. The van der Waals surface area contributed by atoms with Crippen molar-refractivity contribution in [2.75, 3.05) is 26.7 Å². The summed E-state index contributed by atoms with van der Waals surface area (Å²) in [5.74, 6) is 0. The van der Waals surface area contributed by atoms with E-state index in [1.807, 2.05) is 12.1 Å². The van der Waals surface area contributed by atoms with Crippen LogP contribution < -0.4 is 5.32 Å². The van der Waals surface area contributed by atoms with Crippen LogP contribution in [0.2, 0.25) is 5.02 Å². The van der Waals surface area contributed by atoms with E-state index < -0.39 is 0 Å². The predicted molar refractivity (Wildman–Crippen MR) is 89.4 cm³/mol. The molecule has 1 N–H and O–H groups in total. The highest BCUT2D eigenvalue weighted by atomic mass is 35.5. The molecule has 3 heteroatoms. The Morgan fingerprint density at radius 2 is 2.05 bits per heavy atom. The summed E-state index contributed by atoms with van der Waals surface area (Å²) < 4.78 is 0. The molecule has 0 saturated carbocycles.